The second kappa shape index (κ2) is 14.9. The van der Waals surface area contributed by atoms with Crippen molar-refractivity contribution in [3.63, 3.8) is 0 Å². The molecule has 0 aromatic rings. The first-order valence-corrected chi connectivity index (χ1v) is 24.6. The number of hydrogen-bond donors (Lipinski definition) is 2. The molecule has 6 aliphatic rings. The Kier molecular flexibility index (Phi) is 11.8. The fourth-order valence-electron chi connectivity index (χ4n) is 14.4. The Bertz CT molecular complexity index is 1550. The molecule has 1 saturated heterocycles. The standard InChI is InChI=1S/C44H74N2O6S2/c1-29(2)31-13-19-44(45-28-30(16-24-53-10)46-22-25-54(50,51)26-23-46)21-20-42(8)32(37(31)44)11-12-34-41(7)17-15-35(52-36(47)27-39(3,4)38(48)49)40(5,6)33(41)14-18-43(34,42)9/h30-35,37,45H,1,11-28H2,2-10H3,(H,48,49)/t30?,31-,32+,33-,34+,35-,37+,41-,42+,43+,44-/m0/s1. The third-order valence-electron chi connectivity index (χ3n) is 17.7. The van der Waals surface area contributed by atoms with Gasteiger partial charge in [-0.25, -0.2) is 8.42 Å². The van der Waals surface area contributed by atoms with E-state index in [0.717, 1.165) is 38.0 Å². The zero-order valence-corrected chi connectivity index (χ0v) is 36.9. The summed E-state index contributed by atoms with van der Waals surface area (Å²) in [4.78, 5) is 27.4. The number of allylic oxidation sites excluding steroid dienone is 1. The van der Waals surface area contributed by atoms with Crippen molar-refractivity contribution < 1.29 is 27.9 Å². The number of hydrogen-bond acceptors (Lipinski definition) is 8. The molecule has 10 heteroatoms. The molecule has 0 aromatic heterocycles. The Morgan fingerprint density at radius 3 is 2.26 bits per heavy atom. The molecule has 6 rings (SSSR count). The van der Waals surface area contributed by atoms with Crippen LogP contribution in [0.5, 0.6) is 0 Å². The third-order valence-corrected chi connectivity index (χ3v) is 19.9. The number of aliphatic carboxylic acids is 1. The summed E-state index contributed by atoms with van der Waals surface area (Å²) in [7, 11) is -2.92. The number of thioether (sulfide) groups is 1. The van der Waals surface area contributed by atoms with Gasteiger partial charge in [0, 0.05) is 36.6 Å². The summed E-state index contributed by atoms with van der Waals surface area (Å²) in [5.41, 5.74) is 0.677. The van der Waals surface area contributed by atoms with E-state index >= 15 is 0 Å². The second-order valence-electron chi connectivity index (χ2n) is 21.1. The highest BCUT2D eigenvalue weighted by Crippen LogP contribution is 2.76. The van der Waals surface area contributed by atoms with Crippen LogP contribution in [0.3, 0.4) is 0 Å². The summed E-state index contributed by atoms with van der Waals surface area (Å²) in [6.45, 7) is 24.9. The van der Waals surface area contributed by atoms with E-state index in [2.05, 4.69) is 64.6 Å². The highest BCUT2D eigenvalue weighted by atomic mass is 32.2. The van der Waals surface area contributed by atoms with Gasteiger partial charge >= 0.3 is 11.9 Å². The highest BCUT2D eigenvalue weighted by molar-refractivity contribution is 7.98. The Hall–Kier alpha value is -1.10. The highest BCUT2D eigenvalue weighted by Gasteiger charge is 2.71. The van der Waals surface area contributed by atoms with Crippen LogP contribution in [0.1, 0.15) is 132 Å². The van der Waals surface area contributed by atoms with Crippen molar-refractivity contribution in [3.8, 4) is 0 Å². The summed E-state index contributed by atoms with van der Waals surface area (Å²) in [5, 5.41) is 14.0. The number of fused-ring (bicyclic) bond motifs is 7. The lowest BCUT2D eigenvalue weighted by molar-refractivity contribution is -0.246. The van der Waals surface area contributed by atoms with Crippen molar-refractivity contribution >= 4 is 33.5 Å². The summed E-state index contributed by atoms with van der Waals surface area (Å²) in [6.07, 6.45) is 14.5. The lowest BCUT2D eigenvalue weighted by atomic mass is 9.32. The van der Waals surface area contributed by atoms with E-state index in [1.807, 2.05) is 11.8 Å². The third kappa shape index (κ3) is 7.18. The van der Waals surface area contributed by atoms with Crippen LogP contribution in [-0.2, 0) is 24.2 Å². The van der Waals surface area contributed by atoms with Gasteiger partial charge in [0.1, 0.15) is 6.10 Å². The molecule has 2 N–H and O–H groups in total. The molecule has 0 amide bonds. The minimum atomic E-state index is -2.92. The van der Waals surface area contributed by atoms with Crippen LogP contribution in [0.2, 0.25) is 0 Å². The summed E-state index contributed by atoms with van der Waals surface area (Å²) in [5.74, 6) is 3.02. The number of nitrogens with one attached hydrogen (secondary N) is 1. The number of ether oxygens (including phenoxy) is 1. The molecule has 54 heavy (non-hydrogen) atoms. The van der Waals surface area contributed by atoms with Crippen molar-refractivity contribution in [2.24, 2.45) is 56.7 Å². The number of sulfone groups is 1. The van der Waals surface area contributed by atoms with Gasteiger partial charge in [-0.2, -0.15) is 11.8 Å². The molecule has 1 heterocycles. The number of carbonyl (C=O) groups excluding carboxylic acids is 1. The summed E-state index contributed by atoms with van der Waals surface area (Å²) in [6, 6.07) is 0.352. The Balaban J connectivity index is 1.23. The normalized spacial score (nSPS) is 42.1. The summed E-state index contributed by atoms with van der Waals surface area (Å²) < 4.78 is 30.9. The first-order chi connectivity index (χ1) is 25.1. The molecule has 0 bridgehead atoms. The minimum Gasteiger partial charge on any atom is -0.481 e. The van der Waals surface area contributed by atoms with E-state index < -0.39 is 21.2 Å². The van der Waals surface area contributed by atoms with Crippen LogP contribution >= 0.6 is 11.8 Å². The number of carbonyl (C=O) groups is 2. The fraction of sp³-hybridized carbons (Fsp3) is 0.909. The first-order valence-electron chi connectivity index (χ1n) is 21.3. The van der Waals surface area contributed by atoms with Crippen LogP contribution < -0.4 is 5.32 Å². The maximum atomic E-state index is 13.1. The molecule has 6 fully saturated rings. The molecule has 5 aliphatic carbocycles. The molecule has 8 nitrogen and oxygen atoms in total. The lowest BCUT2D eigenvalue weighted by Crippen LogP contribution is -2.69. The van der Waals surface area contributed by atoms with E-state index in [-0.39, 0.29) is 57.2 Å². The Morgan fingerprint density at radius 2 is 1.63 bits per heavy atom. The monoisotopic (exact) mass is 790 g/mol. The van der Waals surface area contributed by atoms with Gasteiger partial charge in [-0.05, 0) is 149 Å². The quantitative estimate of drug-likeness (QED) is 0.149. The van der Waals surface area contributed by atoms with Gasteiger partial charge < -0.3 is 15.2 Å². The first kappa shape index (κ1) is 42.5. The Labute approximate surface area is 332 Å². The average molecular weight is 791 g/mol. The van der Waals surface area contributed by atoms with Crippen LogP contribution in [0.25, 0.3) is 0 Å². The molecule has 308 valence electrons. The van der Waals surface area contributed by atoms with Crippen LogP contribution in [0.4, 0.5) is 0 Å². The van der Waals surface area contributed by atoms with Gasteiger partial charge in [-0.1, -0.05) is 46.8 Å². The molecule has 5 saturated carbocycles. The fourth-order valence-corrected chi connectivity index (χ4v) is 16.1. The molecule has 1 aliphatic heterocycles. The van der Waals surface area contributed by atoms with Crippen molar-refractivity contribution in [1.29, 1.82) is 0 Å². The molecule has 1 unspecified atom stereocenters. The zero-order valence-electron chi connectivity index (χ0n) is 35.2. The number of esters is 1. The SMILES string of the molecule is C=C(C)[C@@H]1CC[C@]2(NCC(CCSC)N3CCS(=O)(=O)CC3)CC[C@]3(C)[C@H](CC[C@@H]4[C@@]5(C)CC[C@H](OC(=O)CC(C)(C)C(=O)O)C(C)(C)[C@@H]5CC[C@]43C)[C@@H]12. The lowest BCUT2D eigenvalue weighted by Gasteiger charge is -2.73. The number of nitrogens with zero attached hydrogens (tertiary/aromatic N) is 1. The van der Waals surface area contributed by atoms with E-state index in [0.29, 0.717) is 48.7 Å². The summed E-state index contributed by atoms with van der Waals surface area (Å²) >= 11 is 1.89. The molecule has 11 atom stereocenters. The topological polar surface area (TPSA) is 113 Å². The van der Waals surface area contributed by atoms with Crippen molar-refractivity contribution in [2.75, 3.05) is 43.1 Å². The van der Waals surface area contributed by atoms with Crippen LogP contribution in [0.15, 0.2) is 12.2 Å². The average Bonchev–Trinajstić information content (AvgIpc) is 3.47. The van der Waals surface area contributed by atoms with Crippen molar-refractivity contribution in [3.05, 3.63) is 12.2 Å². The van der Waals surface area contributed by atoms with Crippen LogP contribution in [-0.4, -0.2) is 91.2 Å². The molecule has 0 radical (unpaired) electrons. The smallest absolute Gasteiger partial charge is 0.309 e. The van der Waals surface area contributed by atoms with Crippen molar-refractivity contribution in [2.45, 2.75) is 150 Å². The number of rotatable bonds is 12. The predicted octanol–water partition coefficient (Wildman–Crippen LogP) is 8.25. The Morgan fingerprint density at radius 1 is 0.944 bits per heavy atom. The van der Waals surface area contributed by atoms with Gasteiger partial charge in [-0.15, -0.1) is 0 Å². The molecular formula is C44H74N2O6S2. The largest absolute Gasteiger partial charge is 0.481 e. The van der Waals surface area contributed by atoms with E-state index in [1.54, 1.807) is 13.8 Å². The minimum absolute atomic E-state index is 0.0939. The maximum Gasteiger partial charge on any atom is 0.309 e. The van der Waals surface area contributed by atoms with Gasteiger partial charge in [0.2, 0.25) is 0 Å². The van der Waals surface area contributed by atoms with Gasteiger partial charge in [0.15, 0.2) is 9.84 Å². The van der Waals surface area contributed by atoms with Gasteiger partial charge in [0.25, 0.3) is 0 Å². The number of carboxylic acids is 1. The second-order valence-corrected chi connectivity index (χ2v) is 24.3. The van der Waals surface area contributed by atoms with Gasteiger partial charge in [0.05, 0.1) is 23.3 Å². The molecule has 0 aromatic carbocycles. The maximum absolute atomic E-state index is 13.1. The van der Waals surface area contributed by atoms with Gasteiger partial charge in [-0.3, -0.25) is 14.5 Å². The molecular weight excluding hydrogens is 717 g/mol. The number of carboxylic acid groups (broad SMARTS) is 1. The van der Waals surface area contributed by atoms with Crippen LogP contribution in [0, 0.1) is 56.7 Å². The zero-order chi connectivity index (χ0) is 39.7. The van der Waals surface area contributed by atoms with Crippen molar-refractivity contribution in [1.82, 2.24) is 10.2 Å². The predicted molar refractivity (Wildman–Crippen MR) is 220 cm³/mol. The molecule has 0 spiro atoms. The van der Waals surface area contributed by atoms with E-state index in [4.69, 9.17) is 4.74 Å². The van der Waals surface area contributed by atoms with E-state index in [1.165, 1.54) is 50.5 Å². The van der Waals surface area contributed by atoms with E-state index in [9.17, 15) is 23.1 Å².